The van der Waals surface area contributed by atoms with Crippen molar-refractivity contribution >= 4 is 22.6 Å². The topological polar surface area (TPSA) is 75.1 Å². The lowest BCUT2D eigenvalue weighted by molar-refractivity contribution is -0.142. The number of carboxylic acid groups (broad SMARTS) is 1. The molecule has 0 atom stereocenters. The number of hydrogen-bond donors (Lipinski definition) is 2. The maximum absolute atomic E-state index is 11.2. The number of aryl methyl sites for hydroxylation is 1. The van der Waals surface area contributed by atoms with Gasteiger partial charge in [0.1, 0.15) is 11.4 Å². The Balaban J connectivity index is 2.88. The van der Waals surface area contributed by atoms with E-state index < -0.39 is 11.5 Å². The Bertz CT molecular complexity index is 347. The van der Waals surface area contributed by atoms with E-state index in [-0.39, 0.29) is 0 Å². The minimum absolute atomic E-state index is 0.511. The molecule has 1 heterocycles. The SMILES string of the molecule is CCC(CC)(Nc1nc(C)ns1)C(=O)O. The van der Waals surface area contributed by atoms with Gasteiger partial charge >= 0.3 is 5.97 Å². The van der Waals surface area contributed by atoms with Crippen LogP contribution in [0, 0.1) is 6.92 Å². The van der Waals surface area contributed by atoms with Crippen LogP contribution in [0.5, 0.6) is 0 Å². The van der Waals surface area contributed by atoms with Gasteiger partial charge in [0.15, 0.2) is 0 Å². The molecule has 1 aromatic heterocycles. The standard InChI is InChI=1S/C9H15N3O2S/c1-4-9(5-2,7(13)14)11-8-10-6(3)12-15-8/h4-5H2,1-3H3,(H,13,14)(H,10,11,12). The van der Waals surface area contributed by atoms with E-state index in [1.807, 2.05) is 13.8 Å². The Morgan fingerprint density at radius 1 is 1.53 bits per heavy atom. The lowest BCUT2D eigenvalue weighted by Crippen LogP contribution is -2.45. The number of hydrogen-bond acceptors (Lipinski definition) is 5. The van der Waals surface area contributed by atoms with Crippen LogP contribution >= 0.6 is 11.5 Å². The number of carbonyl (C=O) groups is 1. The summed E-state index contributed by atoms with van der Waals surface area (Å²) in [6, 6.07) is 0. The summed E-state index contributed by atoms with van der Waals surface area (Å²) >= 11 is 1.19. The zero-order valence-electron chi connectivity index (χ0n) is 9.07. The fraction of sp³-hybridized carbons (Fsp3) is 0.667. The third-order valence-electron chi connectivity index (χ3n) is 2.49. The minimum atomic E-state index is -0.925. The van der Waals surface area contributed by atoms with Gasteiger partial charge in [0.05, 0.1) is 0 Å². The van der Waals surface area contributed by atoms with Gasteiger partial charge in [-0.15, -0.1) is 0 Å². The molecule has 0 aliphatic carbocycles. The molecule has 0 radical (unpaired) electrons. The lowest BCUT2D eigenvalue weighted by atomic mass is 9.93. The third kappa shape index (κ3) is 2.44. The molecule has 0 unspecified atom stereocenters. The molecule has 0 amide bonds. The smallest absolute Gasteiger partial charge is 0.329 e. The molecule has 0 aliphatic heterocycles. The van der Waals surface area contributed by atoms with Crippen molar-refractivity contribution in [2.45, 2.75) is 39.2 Å². The molecular formula is C9H15N3O2S. The van der Waals surface area contributed by atoms with E-state index in [4.69, 9.17) is 0 Å². The monoisotopic (exact) mass is 229 g/mol. The first kappa shape index (κ1) is 11.9. The highest BCUT2D eigenvalue weighted by molar-refractivity contribution is 7.09. The van der Waals surface area contributed by atoms with Crippen LogP contribution in [-0.2, 0) is 4.79 Å². The van der Waals surface area contributed by atoms with E-state index in [0.717, 1.165) is 0 Å². The molecule has 0 aliphatic rings. The van der Waals surface area contributed by atoms with E-state index >= 15 is 0 Å². The van der Waals surface area contributed by atoms with Gasteiger partial charge in [-0.2, -0.15) is 4.37 Å². The Hall–Kier alpha value is -1.17. The average Bonchev–Trinajstić information content (AvgIpc) is 2.60. The van der Waals surface area contributed by atoms with Crippen molar-refractivity contribution in [1.29, 1.82) is 0 Å². The predicted octanol–water partition coefficient (Wildman–Crippen LogP) is 1.90. The number of aromatic nitrogens is 2. The normalized spacial score (nSPS) is 11.4. The molecule has 6 heteroatoms. The number of carboxylic acids is 1. The molecule has 15 heavy (non-hydrogen) atoms. The molecule has 1 aromatic rings. The molecule has 0 saturated carbocycles. The summed E-state index contributed by atoms with van der Waals surface area (Å²) in [6.45, 7) is 5.47. The van der Waals surface area contributed by atoms with Gasteiger partial charge in [-0.05, 0) is 19.8 Å². The number of rotatable bonds is 5. The van der Waals surface area contributed by atoms with Crippen LogP contribution in [-0.4, -0.2) is 26.0 Å². The van der Waals surface area contributed by atoms with E-state index in [0.29, 0.717) is 23.8 Å². The fourth-order valence-corrected chi connectivity index (χ4v) is 2.01. The summed E-state index contributed by atoms with van der Waals surface area (Å²) in [5.74, 6) is -0.186. The maximum Gasteiger partial charge on any atom is 0.329 e. The first-order valence-electron chi connectivity index (χ1n) is 4.86. The van der Waals surface area contributed by atoms with Crippen LogP contribution in [0.2, 0.25) is 0 Å². The summed E-state index contributed by atoms with van der Waals surface area (Å²) in [5, 5.41) is 12.7. The Kier molecular flexibility index (Phi) is 3.62. The fourth-order valence-electron chi connectivity index (χ4n) is 1.34. The zero-order valence-corrected chi connectivity index (χ0v) is 9.89. The van der Waals surface area contributed by atoms with Crippen LogP contribution in [0.15, 0.2) is 0 Å². The molecule has 84 valence electrons. The van der Waals surface area contributed by atoms with Crippen molar-refractivity contribution in [1.82, 2.24) is 9.36 Å². The second-order valence-corrected chi connectivity index (χ2v) is 4.12. The van der Waals surface area contributed by atoms with Gasteiger partial charge in [-0.1, -0.05) is 13.8 Å². The summed E-state index contributed by atoms with van der Waals surface area (Å²) in [7, 11) is 0. The molecule has 0 saturated heterocycles. The van der Waals surface area contributed by atoms with Crippen molar-refractivity contribution in [3.05, 3.63) is 5.82 Å². The van der Waals surface area contributed by atoms with Crippen LogP contribution in [0.4, 0.5) is 5.13 Å². The average molecular weight is 229 g/mol. The quantitative estimate of drug-likeness (QED) is 0.806. The molecule has 0 fully saturated rings. The van der Waals surface area contributed by atoms with Gasteiger partial charge < -0.3 is 10.4 Å². The minimum Gasteiger partial charge on any atom is -0.480 e. The second kappa shape index (κ2) is 4.57. The van der Waals surface area contributed by atoms with Crippen LogP contribution in [0.3, 0.4) is 0 Å². The molecule has 0 aromatic carbocycles. The highest BCUT2D eigenvalue weighted by Crippen LogP contribution is 2.23. The number of aliphatic carboxylic acids is 1. The summed E-state index contributed by atoms with van der Waals surface area (Å²) in [4.78, 5) is 15.3. The molecular weight excluding hydrogens is 214 g/mol. The molecule has 2 N–H and O–H groups in total. The van der Waals surface area contributed by atoms with Crippen molar-refractivity contribution in [2.24, 2.45) is 0 Å². The molecule has 0 spiro atoms. The van der Waals surface area contributed by atoms with Crippen molar-refractivity contribution < 1.29 is 9.90 Å². The lowest BCUT2D eigenvalue weighted by Gasteiger charge is -2.27. The second-order valence-electron chi connectivity index (χ2n) is 3.37. The predicted molar refractivity (Wildman–Crippen MR) is 59.2 cm³/mol. The summed E-state index contributed by atoms with van der Waals surface area (Å²) in [5.41, 5.74) is -0.925. The maximum atomic E-state index is 11.2. The van der Waals surface area contributed by atoms with Crippen molar-refractivity contribution in [3.63, 3.8) is 0 Å². The van der Waals surface area contributed by atoms with Crippen LogP contribution < -0.4 is 5.32 Å². The molecule has 1 rings (SSSR count). The Morgan fingerprint density at radius 2 is 2.13 bits per heavy atom. The number of nitrogens with zero attached hydrogens (tertiary/aromatic N) is 2. The highest BCUT2D eigenvalue weighted by atomic mass is 32.1. The van der Waals surface area contributed by atoms with Gasteiger partial charge in [0.25, 0.3) is 0 Å². The Morgan fingerprint density at radius 3 is 2.47 bits per heavy atom. The van der Waals surface area contributed by atoms with Gasteiger partial charge in [0, 0.05) is 11.5 Å². The molecule has 0 bridgehead atoms. The van der Waals surface area contributed by atoms with E-state index in [1.165, 1.54) is 11.5 Å². The molecule has 5 nitrogen and oxygen atoms in total. The first-order chi connectivity index (χ1) is 7.04. The largest absolute Gasteiger partial charge is 0.480 e. The van der Waals surface area contributed by atoms with Crippen molar-refractivity contribution in [3.8, 4) is 0 Å². The van der Waals surface area contributed by atoms with E-state index in [9.17, 15) is 9.90 Å². The van der Waals surface area contributed by atoms with Gasteiger partial charge in [-0.25, -0.2) is 9.78 Å². The first-order valence-corrected chi connectivity index (χ1v) is 5.63. The zero-order chi connectivity index (χ0) is 11.5. The van der Waals surface area contributed by atoms with E-state index in [2.05, 4.69) is 14.7 Å². The van der Waals surface area contributed by atoms with Gasteiger partial charge in [-0.3, -0.25) is 0 Å². The van der Waals surface area contributed by atoms with Gasteiger partial charge in [0.2, 0.25) is 5.13 Å². The third-order valence-corrected chi connectivity index (χ3v) is 3.21. The summed E-state index contributed by atoms with van der Waals surface area (Å²) in [6.07, 6.45) is 1.02. The summed E-state index contributed by atoms with van der Waals surface area (Å²) < 4.78 is 4.00. The number of anilines is 1. The van der Waals surface area contributed by atoms with Crippen LogP contribution in [0.1, 0.15) is 32.5 Å². The van der Waals surface area contributed by atoms with Crippen molar-refractivity contribution in [2.75, 3.05) is 5.32 Å². The van der Waals surface area contributed by atoms with Crippen LogP contribution in [0.25, 0.3) is 0 Å². The highest BCUT2D eigenvalue weighted by Gasteiger charge is 2.35. The number of nitrogens with one attached hydrogen (secondary N) is 1. The van der Waals surface area contributed by atoms with E-state index in [1.54, 1.807) is 6.92 Å². The Labute approximate surface area is 92.7 Å².